The summed E-state index contributed by atoms with van der Waals surface area (Å²) in [7, 11) is 0. The lowest BCUT2D eigenvalue weighted by molar-refractivity contribution is 0.745. The zero-order valence-corrected chi connectivity index (χ0v) is 37.5. The Bertz CT molecular complexity index is 3540. The van der Waals surface area contributed by atoms with Gasteiger partial charge in [0.05, 0.1) is 17.1 Å². The molecule has 2 nitrogen and oxygen atoms in total. The van der Waals surface area contributed by atoms with Crippen molar-refractivity contribution in [3.8, 4) is 72.4 Å². The summed E-state index contributed by atoms with van der Waals surface area (Å²) in [6, 6.07) is 89.6. The van der Waals surface area contributed by atoms with E-state index in [0.29, 0.717) is 5.92 Å². The smallest absolute Gasteiger partial charge is 0.0629 e. The predicted molar refractivity (Wildman–Crippen MR) is 287 cm³/mol. The van der Waals surface area contributed by atoms with Crippen LogP contribution in [0.4, 0.5) is 11.4 Å². The Morgan fingerprint density at radius 1 is 0.279 bits per heavy atom. The molecule has 1 aromatic heterocycles. The number of hydrogen-bond acceptors (Lipinski definition) is 1. The Balaban J connectivity index is 1.11. The van der Waals surface area contributed by atoms with Gasteiger partial charge in [-0.3, -0.25) is 0 Å². The Labute approximate surface area is 397 Å². The predicted octanol–water partition coefficient (Wildman–Crippen LogP) is 17.5. The van der Waals surface area contributed by atoms with Crippen LogP contribution in [-0.4, -0.2) is 10.6 Å². The highest BCUT2D eigenvalue weighted by atomic mass is 15.2. The molecule has 2 heterocycles. The zero-order chi connectivity index (χ0) is 45.0. The highest BCUT2D eigenvalue weighted by Gasteiger charge is 2.37. The van der Waals surface area contributed by atoms with Crippen molar-refractivity contribution in [1.29, 1.82) is 0 Å². The maximum Gasteiger partial charge on any atom is 0.0629 e. The van der Waals surface area contributed by atoms with E-state index in [2.05, 4.69) is 276 Å². The number of allylic oxidation sites excluding steroid dienone is 2. The van der Waals surface area contributed by atoms with Crippen LogP contribution < -0.4 is 4.90 Å². The highest BCUT2D eigenvalue weighted by Crippen LogP contribution is 2.56. The second-order valence-electron chi connectivity index (χ2n) is 17.9. The molecule has 2 unspecified atom stereocenters. The fraction of sp³-hybridized carbons (Fsp3) is 0.0303. The van der Waals surface area contributed by atoms with E-state index < -0.39 is 0 Å². The molecule has 10 aromatic carbocycles. The van der Waals surface area contributed by atoms with Gasteiger partial charge in [-0.05, 0) is 115 Å². The van der Waals surface area contributed by atoms with E-state index in [1.165, 1.54) is 94.4 Å². The van der Waals surface area contributed by atoms with Crippen LogP contribution in [0.5, 0.6) is 0 Å². The van der Waals surface area contributed by atoms with Crippen molar-refractivity contribution in [3.63, 3.8) is 0 Å². The number of hydrogen-bond donors (Lipinski definition) is 0. The van der Waals surface area contributed by atoms with E-state index in [4.69, 9.17) is 0 Å². The van der Waals surface area contributed by atoms with Gasteiger partial charge in [-0.2, -0.15) is 0 Å². The number of rotatable bonds is 8. The third-order valence-corrected chi connectivity index (χ3v) is 14.1. The number of fused-ring (bicyclic) bond motifs is 6. The lowest BCUT2D eigenvalue weighted by Gasteiger charge is -2.30. The minimum absolute atomic E-state index is 0.220. The molecule has 0 saturated carbocycles. The lowest BCUT2D eigenvalue weighted by Crippen LogP contribution is -2.28. The van der Waals surface area contributed by atoms with Gasteiger partial charge in [0.1, 0.15) is 0 Å². The standard InChI is InChI=1S/C66H46N2/c1-5-21-45(22-6-1)61-62(46-23-7-2-8-24-46)66(50-39-43-52(44-40-50)68-59-35-19-15-31-55(59)56-32-16-20-36-60(56)68)64(48-27-11-4-12-28-48)63(47-25-9-3-10-26-47)65(61)49-37-41-51(42-38-49)67-57-33-17-13-29-53(57)54-30-14-18-34-58(54)67/h1-44,53,57H. The van der Waals surface area contributed by atoms with Gasteiger partial charge in [-0.25, -0.2) is 0 Å². The fourth-order valence-electron chi connectivity index (χ4n) is 11.3. The quantitative estimate of drug-likeness (QED) is 0.148. The average molecular weight is 867 g/mol. The molecule has 0 fully saturated rings. The molecule has 0 radical (unpaired) electrons. The maximum atomic E-state index is 2.52. The number of anilines is 2. The Hall–Kier alpha value is -8.72. The molecule has 0 saturated heterocycles. The summed E-state index contributed by atoms with van der Waals surface area (Å²) < 4.78 is 2.41. The molecule has 0 bridgehead atoms. The second kappa shape index (κ2) is 16.6. The maximum absolute atomic E-state index is 2.52. The van der Waals surface area contributed by atoms with E-state index in [1.54, 1.807) is 0 Å². The molecule has 0 N–H and O–H groups in total. The molecule has 320 valence electrons. The molecule has 0 spiro atoms. The van der Waals surface area contributed by atoms with E-state index >= 15 is 0 Å². The molecule has 0 amide bonds. The summed E-state index contributed by atoms with van der Waals surface area (Å²) in [5.74, 6) is 0.315. The van der Waals surface area contributed by atoms with Gasteiger partial charge in [-0.1, -0.05) is 224 Å². The van der Waals surface area contributed by atoms with Crippen LogP contribution in [0, 0.1) is 0 Å². The van der Waals surface area contributed by atoms with Crippen molar-refractivity contribution < 1.29 is 0 Å². The van der Waals surface area contributed by atoms with Crippen LogP contribution in [-0.2, 0) is 0 Å². The summed E-state index contributed by atoms with van der Waals surface area (Å²) in [4.78, 5) is 2.52. The van der Waals surface area contributed by atoms with E-state index in [1.807, 2.05) is 0 Å². The highest BCUT2D eigenvalue weighted by molar-refractivity contribution is 6.15. The summed E-state index contributed by atoms with van der Waals surface area (Å²) in [5.41, 5.74) is 21.6. The van der Waals surface area contributed by atoms with Gasteiger partial charge in [0.15, 0.2) is 0 Å². The first kappa shape index (κ1) is 39.6. The molecular formula is C66H46N2. The van der Waals surface area contributed by atoms with Crippen LogP contribution >= 0.6 is 0 Å². The molecule has 68 heavy (non-hydrogen) atoms. The fourth-order valence-corrected chi connectivity index (χ4v) is 11.3. The van der Waals surface area contributed by atoms with Crippen LogP contribution in [0.1, 0.15) is 11.5 Å². The molecule has 13 rings (SSSR count). The molecule has 2 aliphatic rings. The molecule has 11 aromatic rings. The topological polar surface area (TPSA) is 8.17 Å². The van der Waals surface area contributed by atoms with Gasteiger partial charge < -0.3 is 9.47 Å². The normalized spacial score (nSPS) is 14.9. The van der Waals surface area contributed by atoms with Crippen molar-refractivity contribution in [1.82, 2.24) is 4.57 Å². The van der Waals surface area contributed by atoms with E-state index in [-0.39, 0.29) is 6.04 Å². The van der Waals surface area contributed by atoms with E-state index in [9.17, 15) is 0 Å². The monoisotopic (exact) mass is 866 g/mol. The Morgan fingerprint density at radius 3 is 1.09 bits per heavy atom. The van der Waals surface area contributed by atoms with Crippen molar-refractivity contribution >= 4 is 33.2 Å². The largest absolute Gasteiger partial charge is 0.333 e. The minimum Gasteiger partial charge on any atom is -0.333 e. The van der Waals surface area contributed by atoms with E-state index in [0.717, 1.165) is 16.8 Å². The Morgan fingerprint density at radius 2 is 0.632 bits per heavy atom. The summed E-state index contributed by atoms with van der Waals surface area (Å²) >= 11 is 0. The van der Waals surface area contributed by atoms with Gasteiger partial charge in [0, 0.05) is 33.8 Å². The first-order valence-corrected chi connectivity index (χ1v) is 23.7. The summed E-state index contributed by atoms with van der Waals surface area (Å²) in [6.07, 6.45) is 9.10. The molecule has 1 aliphatic carbocycles. The number of aromatic nitrogens is 1. The van der Waals surface area contributed by atoms with Crippen LogP contribution in [0.2, 0.25) is 0 Å². The van der Waals surface area contributed by atoms with Crippen molar-refractivity contribution in [2.45, 2.75) is 12.0 Å². The molecule has 2 atom stereocenters. The van der Waals surface area contributed by atoms with Crippen LogP contribution in [0.15, 0.2) is 267 Å². The first-order valence-electron chi connectivity index (χ1n) is 23.7. The Kier molecular flexibility index (Phi) is 9.68. The second-order valence-corrected chi connectivity index (χ2v) is 17.9. The lowest BCUT2D eigenvalue weighted by atomic mass is 9.74. The van der Waals surface area contributed by atoms with Gasteiger partial charge >= 0.3 is 0 Å². The number of benzene rings is 10. The molecule has 2 heteroatoms. The zero-order valence-electron chi connectivity index (χ0n) is 37.5. The SMILES string of the molecule is C1=CC2c3ccccc3N(c3ccc(-c4c(-c5ccccc5)c(-c5ccccc5)c(-c5ccc(-n6c7ccccc7c7ccccc76)cc5)c(-c5ccccc5)c4-c4ccccc4)cc3)C2C=C1. The van der Waals surface area contributed by atoms with Crippen molar-refractivity contribution in [2.24, 2.45) is 0 Å². The van der Waals surface area contributed by atoms with Crippen LogP contribution in [0.3, 0.4) is 0 Å². The minimum atomic E-state index is 0.220. The number of para-hydroxylation sites is 3. The number of nitrogens with zero attached hydrogens (tertiary/aromatic N) is 2. The summed E-state index contributed by atoms with van der Waals surface area (Å²) in [6.45, 7) is 0. The van der Waals surface area contributed by atoms with Crippen LogP contribution in [0.25, 0.3) is 94.3 Å². The summed E-state index contributed by atoms with van der Waals surface area (Å²) in [5, 5.41) is 2.51. The average Bonchev–Trinajstić information content (AvgIpc) is 3.94. The third kappa shape index (κ3) is 6.48. The third-order valence-electron chi connectivity index (χ3n) is 14.1. The van der Waals surface area contributed by atoms with Crippen molar-refractivity contribution in [3.05, 3.63) is 273 Å². The van der Waals surface area contributed by atoms with Gasteiger partial charge in [-0.15, -0.1) is 0 Å². The van der Waals surface area contributed by atoms with Crippen molar-refractivity contribution in [2.75, 3.05) is 4.90 Å². The first-order chi connectivity index (χ1) is 33.8. The molecule has 1 aliphatic heterocycles. The van der Waals surface area contributed by atoms with Gasteiger partial charge in [0.25, 0.3) is 0 Å². The molecular weight excluding hydrogens is 821 g/mol. The van der Waals surface area contributed by atoms with Gasteiger partial charge in [0.2, 0.25) is 0 Å².